The predicted octanol–water partition coefficient (Wildman–Crippen LogP) is 3.42. The van der Waals surface area contributed by atoms with Crippen LogP contribution in [0.1, 0.15) is 5.56 Å². The van der Waals surface area contributed by atoms with E-state index in [0.29, 0.717) is 16.9 Å². The first kappa shape index (κ1) is 11.4. The van der Waals surface area contributed by atoms with Gasteiger partial charge in [-0.25, -0.2) is 0 Å². The van der Waals surface area contributed by atoms with E-state index in [1.807, 2.05) is 0 Å². The monoisotopic (exact) mass is 276 g/mol. The van der Waals surface area contributed by atoms with Gasteiger partial charge in [-0.15, -0.1) is 11.6 Å². The second kappa shape index (κ2) is 4.71. The maximum Gasteiger partial charge on any atom is 0.165 e. The highest BCUT2D eigenvalue weighted by molar-refractivity contribution is 9.10. The molecule has 4 heteroatoms. The highest BCUT2D eigenvalue weighted by Crippen LogP contribution is 2.37. The number of ether oxygens (including phenoxy) is 1. The molecule has 0 fully saturated rings. The molecule has 1 aromatic carbocycles. The van der Waals surface area contributed by atoms with Crippen molar-refractivity contribution >= 4 is 33.1 Å². The van der Waals surface area contributed by atoms with Gasteiger partial charge in [-0.2, -0.15) is 0 Å². The van der Waals surface area contributed by atoms with Crippen molar-refractivity contribution in [3.63, 3.8) is 0 Å². The van der Waals surface area contributed by atoms with Crippen molar-refractivity contribution in [3.8, 4) is 11.5 Å². The lowest BCUT2D eigenvalue weighted by Crippen LogP contribution is -1.90. The van der Waals surface area contributed by atoms with E-state index >= 15 is 0 Å². The minimum Gasteiger partial charge on any atom is -0.504 e. The fraction of sp³-hybridized carbons (Fsp3) is 0.200. The normalized spacial score (nSPS) is 9.93. The summed E-state index contributed by atoms with van der Waals surface area (Å²) in [5.74, 6) is 0.745. The molecule has 0 aromatic heterocycles. The number of hydrogen-bond acceptors (Lipinski definition) is 2. The van der Waals surface area contributed by atoms with E-state index in [9.17, 15) is 5.11 Å². The summed E-state index contributed by atoms with van der Waals surface area (Å²) < 4.78 is 5.81. The van der Waals surface area contributed by atoms with Gasteiger partial charge in [0.2, 0.25) is 0 Å². The number of allylic oxidation sites excluding steroid dienone is 1. The molecule has 0 aliphatic carbocycles. The minimum atomic E-state index is 0.0707. The molecule has 0 radical (unpaired) electrons. The number of hydrogen-bond donors (Lipinski definition) is 1. The van der Waals surface area contributed by atoms with Crippen LogP contribution in [0.3, 0.4) is 0 Å². The molecule has 2 nitrogen and oxygen atoms in total. The zero-order chi connectivity index (χ0) is 10.7. The van der Waals surface area contributed by atoms with Crippen molar-refractivity contribution in [1.82, 2.24) is 0 Å². The van der Waals surface area contributed by atoms with Crippen LogP contribution < -0.4 is 4.74 Å². The van der Waals surface area contributed by atoms with E-state index in [0.717, 1.165) is 4.47 Å². The first-order valence-corrected chi connectivity index (χ1v) is 5.23. The smallest absolute Gasteiger partial charge is 0.165 e. The molecule has 0 unspecified atom stereocenters. The first-order valence-electron chi connectivity index (χ1n) is 3.90. The van der Waals surface area contributed by atoms with Gasteiger partial charge < -0.3 is 9.84 Å². The van der Waals surface area contributed by atoms with Crippen molar-refractivity contribution < 1.29 is 9.84 Å². The molecule has 14 heavy (non-hydrogen) atoms. The van der Waals surface area contributed by atoms with Gasteiger partial charge in [0, 0.05) is 15.9 Å². The maximum absolute atomic E-state index is 9.75. The Hall–Kier alpha value is -0.670. The van der Waals surface area contributed by atoms with Crippen LogP contribution in [-0.2, 0) is 0 Å². The lowest BCUT2D eigenvalue weighted by molar-refractivity contribution is 0.372. The fourth-order valence-corrected chi connectivity index (χ4v) is 1.65. The average Bonchev–Trinajstić information content (AvgIpc) is 2.19. The van der Waals surface area contributed by atoms with Gasteiger partial charge in [0.05, 0.1) is 7.11 Å². The lowest BCUT2D eigenvalue weighted by Gasteiger charge is -2.10. The Labute approximate surface area is 96.3 Å². The molecule has 0 spiro atoms. The quantitative estimate of drug-likeness (QED) is 0.858. The van der Waals surface area contributed by atoms with E-state index < -0.39 is 0 Å². The van der Waals surface area contributed by atoms with Crippen LogP contribution >= 0.6 is 27.5 Å². The van der Waals surface area contributed by atoms with Crippen molar-refractivity contribution in [3.05, 3.63) is 28.7 Å². The molecular weight excluding hydrogens is 267 g/mol. The summed E-state index contributed by atoms with van der Waals surface area (Å²) in [4.78, 5) is 0. The Morgan fingerprint density at radius 3 is 2.79 bits per heavy atom. The van der Waals surface area contributed by atoms with Gasteiger partial charge in [0.15, 0.2) is 11.5 Å². The van der Waals surface area contributed by atoms with E-state index in [1.54, 1.807) is 12.1 Å². The third-order valence-corrected chi connectivity index (χ3v) is 2.58. The van der Waals surface area contributed by atoms with Crippen LogP contribution in [0.15, 0.2) is 23.2 Å². The molecule has 0 amide bonds. The molecular formula is C10H10BrClO2. The topological polar surface area (TPSA) is 29.5 Å². The molecule has 0 bridgehead atoms. The Kier molecular flexibility index (Phi) is 3.84. The molecule has 1 N–H and O–H groups in total. The highest BCUT2D eigenvalue weighted by Gasteiger charge is 2.11. The zero-order valence-corrected chi connectivity index (χ0v) is 10.0. The Morgan fingerprint density at radius 2 is 2.29 bits per heavy atom. The second-order valence-electron chi connectivity index (χ2n) is 2.74. The van der Waals surface area contributed by atoms with Gasteiger partial charge in [0.25, 0.3) is 0 Å². The molecule has 1 rings (SSSR count). The number of rotatable bonds is 3. The van der Waals surface area contributed by atoms with Crippen LogP contribution in [0, 0.1) is 0 Å². The SMILES string of the molecule is C=C(CCl)c1cc(Br)cc(OC)c1O. The van der Waals surface area contributed by atoms with Gasteiger partial charge in [-0.05, 0) is 17.7 Å². The summed E-state index contributed by atoms with van der Waals surface area (Å²) in [5.41, 5.74) is 1.26. The van der Waals surface area contributed by atoms with Crippen LogP contribution in [0.5, 0.6) is 11.5 Å². The fourth-order valence-electron chi connectivity index (χ4n) is 1.07. The first-order chi connectivity index (χ1) is 6.60. The van der Waals surface area contributed by atoms with Crippen molar-refractivity contribution in [2.24, 2.45) is 0 Å². The maximum atomic E-state index is 9.75. The van der Waals surface area contributed by atoms with Crippen molar-refractivity contribution in [2.45, 2.75) is 0 Å². The third-order valence-electron chi connectivity index (χ3n) is 1.80. The molecule has 0 saturated heterocycles. The molecule has 0 saturated carbocycles. The van der Waals surface area contributed by atoms with Gasteiger partial charge in [-0.3, -0.25) is 0 Å². The largest absolute Gasteiger partial charge is 0.504 e. The number of phenolic OH excluding ortho intramolecular Hbond substituents is 1. The summed E-state index contributed by atoms with van der Waals surface area (Å²) >= 11 is 8.95. The van der Waals surface area contributed by atoms with Crippen LogP contribution in [0.2, 0.25) is 0 Å². The van der Waals surface area contributed by atoms with E-state index in [2.05, 4.69) is 22.5 Å². The van der Waals surface area contributed by atoms with Crippen molar-refractivity contribution in [2.75, 3.05) is 13.0 Å². The summed E-state index contributed by atoms with van der Waals surface area (Å²) in [6.07, 6.45) is 0. The zero-order valence-electron chi connectivity index (χ0n) is 7.68. The number of halogens is 2. The number of benzene rings is 1. The molecule has 0 heterocycles. The number of phenols is 1. The Balaban J connectivity index is 3.29. The lowest BCUT2D eigenvalue weighted by atomic mass is 10.1. The molecule has 76 valence electrons. The van der Waals surface area contributed by atoms with Crippen LogP contribution in [-0.4, -0.2) is 18.1 Å². The number of methoxy groups -OCH3 is 1. The summed E-state index contributed by atoms with van der Waals surface area (Å²) in [7, 11) is 1.49. The highest BCUT2D eigenvalue weighted by atomic mass is 79.9. The molecule has 1 aromatic rings. The molecule has 0 aliphatic rings. The van der Waals surface area contributed by atoms with Crippen LogP contribution in [0.25, 0.3) is 5.57 Å². The van der Waals surface area contributed by atoms with Crippen LogP contribution in [0.4, 0.5) is 0 Å². The van der Waals surface area contributed by atoms with Gasteiger partial charge in [-0.1, -0.05) is 22.5 Å². The van der Waals surface area contributed by atoms with E-state index in [4.69, 9.17) is 16.3 Å². The van der Waals surface area contributed by atoms with E-state index in [1.165, 1.54) is 7.11 Å². The molecule has 0 atom stereocenters. The molecule has 0 aliphatic heterocycles. The predicted molar refractivity (Wildman–Crippen MR) is 62.1 cm³/mol. The van der Waals surface area contributed by atoms with Crippen molar-refractivity contribution in [1.29, 1.82) is 0 Å². The summed E-state index contributed by atoms with van der Waals surface area (Å²) in [6, 6.07) is 3.43. The van der Waals surface area contributed by atoms with Gasteiger partial charge in [0.1, 0.15) is 0 Å². The number of alkyl halides is 1. The second-order valence-corrected chi connectivity index (χ2v) is 3.92. The Bertz CT molecular complexity index is 363. The minimum absolute atomic E-state index is 0.0707. The summed E-state index contributed by atoms with van der Waals surface area (Å²) in [5, 5.41) is 9.75. The van der Waals surface area contributed by atoms with Gasteiger partial charge >= 0.3 is 0 Å². The number of aromatic hydroxyl groups is 1. The summed E-state index contributed by atoms with van der Waals surface area (Å²) in [6.45, 7) is 3.75. The van der Waals surface area contributed by atoms with E-state index in [-0.39, 0.29) is 11.6 Å². The average molecular weight is 278 g/mol. The Morgan fingerprint density at radius 1 is 1.64 bits per heavy atom. The third kappa shape index (κ3) is 2.22. The standard InChI is InChI=1S/C10H10BrClO2/c1-6(5-12)8-3-7(11)4-9(14-2)10(8)13/h3-4,13H,1,5H2,2H3.